The largest absolute Gasteiger partial charge is 0.409 e. The number of hydrogen-bond donors (Lipinski definition) is 3. The van der Waals surface area contributed by atoms with Crippen molar-refractivity contribution in [3.05, 3.63) is 0 Å². The highest BCUT2D eigenvalue weighted by atomic mass is 32.2. The molecule has 2 rings (SSSR count). The standard InChI is InChI=1S/C11H19N3O4S/c12-10(14-16)9(7-4-5-7)13-11(15)8-3-1-2-6-19(8,17)18/h7-9,16H,1-6H2,(H2,12,14)(H,13,15). The average Bonchev–Trinajstić information content (AvgIpc) is 3.18. The number of rotatable bonds is 4. The maximum absolute atomic E-state index is 12.1. The maximum atomic E-state index is 12.1. The number of sulfone groups is 1. The fraction of sp³-hybridized carbons (Fsp3) is 0.818. The molecule has 0 aromatic heterocycles. The van der Waals surface area contributed by atoms with E-state index < -0.39 is 27.0 Å². The van der Waals surface area contributed by atoms with Crippen LogP contribution in [0.1, 0.15) is 32.1 Å². The molecule has 4 N–H and O–H groups in total. The second-order valence-corrected chi connectivity index (χ2v) is 7.50. The minimum Gasteiger partial charge on any atom is -0.409 e. The molecule has 0 aromatic carbocycles. The molecule has 1 aliphatic carbocycles. The van der Waals surface area contributed by atoms with Gasteiger partial charge in [-0.05, 0) is 31.6 Å². The molecule has 0 radical (unpaired) electrons. The lowest BCUT2D eigenvalue weighted by Crippen LogP contribution is -2.52. The minimum absolute atomic E-state index is 0.0583. The molecule has 1 saturated heterocycles. The zero-order valence-electron chi connectivity index (χ0n) is 10.6. The first kappa shape index (κ1) is 14.1. The number of amides is 1. The van der Waals surface area contributed by atoms with Gasteiger partial charge < -0.3 is 16.3 Å². The van der Waals surface area contributed by atoms with Crippen molar-refractivity contribution >= 4 is 21.6 Å². The van der Waals surface area contributed by atoms with E-state index >= 15 is 0 Å². The number of oxime groups is 1. The van der Waals surface area contributed by atoms with E-state index in [0.717, 1.165) is 19.3 Å². The van der Waals surface area contributed by atoms with E-state index in [-0.39, 0.29) is 17.5 Å². The van der Waals surface area contributed by atoms with Gasteiger partial charge in [-0.3, -0.25) is 4.79 Å². The van der Waals surface area contributed by atoms with Crippen LogP contribution < -0.4 is 11.1 Å². The lowest BCUT2D eigenvalue weighted by molar-refractivity contribution is -0.121. The summed E-state index contributed by atoms with van der Waals surface area (Å²) in [5.41, 5.74) is 5.54. The van der Waals surface area contributed by atoms with Crippen LogP contribution in [0.2, 0.25) is 0 Å². The van der Waals surface area contributed by atoms with Crippen molar-refractivity contribution in [3.63, 3.8) is 0 Å². The van der Waals surface area contributed by atoms with Crippen LogP contribution >= 0.6 is 0 Å². The van der Waals surface area contributed by atoms with E-state index in [1.807, 2.05) is 0 Å². The van der Waals surface area contributed by atoms with Gasteiger partial charge in [-0.15, -0.1) is 0 Å². The van der Waals surface area contributed by atoms with Crippen LogP contribution in [-0.4, -0.2) is 42.4 Å². The van der Waals surface area contributed by atoms with E-state index in [1.54, 1.807) is 0 Å². The van der Waals surface area contributed by atoms with Gasteiger partial charge in [0.15, 0.2) is 15.7 Å². The molecule has 7 nitrogen and oxygen atoms in total. The molecule has 2 atom stereocenters. The Morgan fingerprint density at radius 2 is 2.00 bits per heavy atom. The SMILES string of the molecule is NC(=NO)C(NC(=O)C1CCCCS1(=O)=O)C1CC1. The van der Waals surface area contributed by atoms with Gasteiger partial charge in [-0.25, -0.2) is 8.42 Å². The number of carbonyl (C=O) groups excluding carboxylic acids is 1. The summed E-state index contributed by atoms with van der Waals surface area (Å²) < 4.78 is 23.7. The Morgan fingerprint density at radius 1 is 1.32 bits per heavy atom. The number of nitrogens with zero attached hydrogens (tertiary/aromatic N) is 1. The second kappa shape index (κ2) is 5.36. The summed E-state index contributed by atoms with van der Waals surface area (Å²) in [4.78, 5) is 12.1. The van der Waals surface area contributed by atoms with Crippen molar-refractivity contribution in [2.75, 3.05) is 5.75 Å². The Hall–Kier alpha value is -1.31. The van der Waals surface area contributed by atoms with E-state index in [9.17, 15) is 13.2 Å². The van der Waals surface area contributed by atoms with Crippen LogP contribution in [-0.2, 0) is 14.6 Å². The minimum atomic E-state index is -3.36. The number of nitrogens with one attached hydrogen (secondary N) is 1. The molecule has 108 valence electrons. The van der Waals surface area contributed by atoms with Crippen molar-refractivity contribution in [3.8, 4) is 0 Å². The van der Waals surface area contributed by atoms with Gasteiger partial charge in [0.05, 0.1) is 11.8 Å². The van der Waals surface area contributed by atoms with Gasteiger partial charge in [0.2, 0.25) is 5.91 Å². The fourth-order valence-electron chi connectivity index (χ4n) is 2.42. The number of hydrogen-bond acceptors (Lipinski definition) is 5. The molecule has 0 spiro atoms. The Morgan fingerprint density at radius 3 is 2.53 bits per heavy atom. The van der Waals surface area contributed by atoms with Gasteiger partial charge in [0.1, 0.15) is 5.25 Å². The van der Waals surface area contributed by atoms with Gasteiger partial charge in [-0.2, -0.15) is 0 Å². The number of nitrogens with two attached hydrogens (primary N) is 1. The molecular weight excluding hydrogens is 270 g/mol. The van der Waals surface area contributed by atoms with Gasteiger partial charge in [0.25, 0.3) is 0 Å². The third-order valence-electron chi connectivity index (χ3n) is 3.70. The monoisotopic (exact) mass is 289 g/mol. The highest BCUT2D eigenvalue weighted by Gasteiger charge is 2.40. The highest BCUT2D eigenvalue weighted by molar-refractivity contribution is 7.92. The predicted molar refractivity (Wildman–Crippen MR) is 69.5 cm³/mol. The predicted octanol–water partition coefficient (Wildman–Crippen LogP) is -0.405. The van der Waals surface area contributed by atoms with Crippen LogP contribution in [0.25, 0.3) is 0 Å². The van der Waals surface area contributed by atoms with Crippen LogP contribution in [0.3, 0.4) is 0 Å². The first-order valence-corrected chi connectivity index (χ1v) is 8.16. The first-order valence-electron chi connectivity index (χ1n) is 6.45. The van der Waals surface area contributed by atoms with E-state index in [0.29, 0.717) is 12.8 Å². The molecule has 1 heterocycles. The number of carbonyl (C=O) groups is 1. The second-order valence-electron chi connectivity index (χ2n) is 5.20. The summed E-state index contributed by atoms with van der Waals surface area (Å²) in [6, 6.07) is -0.561. The molecule has 0 bridgehead atoms. The lowest BCUT2D eigenvalue weighted by atomic mass is 10.1. The van der Waals surface area contributed by atoms with Crippen LogP contribution in [0.15, 0.2) is 5.16 Å². The van der Waals surface area contributed by atoms with Gasteiger partial charge in [0, 0.05) is 0 Å². The molecule has 0 aromatic rings. The molecule has 1 saturated carbocycles. The topological polar surface area (TPSA) is 122 Å². The normalized spacial score (nSPS) is 28.6. The molecule has 2 unspecified atom stereocenters. The Balaban J connectivity index is 2.06. The summed E-state index contributed by atoms with van der Waals surface area (Å²) in [5, 5.41) is 13.2. The zero-order valence-corrected chi connectivity index (χ0v) is 11.4. The van der Waals surface area contributed by atoms with E-state index in [1.165, 1.54) is 0 Å². The molecule has 19 heavy (non-hydrogen) atoms. The molecule has 2 aliphatic rings. The van der Waals surface area contributed by atoms with E-state index in [4.69, 9.17) is 10.9 Å². The van der Waals surface area contributed by atoms with Crippen molar-refractivity contribution in [1.82, 2.24) is 5.32 Å². The summed E-state index contributed by atoms with van der Waals surface area (Å²) in [7, 11) is -3.36. The molecule has 1 aliphatic heterocycles. The van der Waals surface area contributed by atoms with Crippen LogP contribution in [0.4, 0.5) is 0 Å². The summed E-state index contributed by atoms with van der Waals surface area (Å²) in [6.45, 7) is 0. The Labute approximate surface area is 112 Å². The van der Waals surface area contributed by atoms with Crippen molar-refractivity contribution < 1.29 is 18.4 Å². The van der Waals surface area contributed by atoms with Gasteiger partial charge in [-0.1, -0.05) is 11.6 Å². The fourth-order valence-corrected chi connectivity index (χ4v) is 4.23. The molecular formula is C11H19N3O4S. The third-order valence-corrected chi connectivity index (χ3v) is 5.87. The molecule has 1 amide bonds. The molecule has 2 fully saturated rings. The van der Waals surface area contributed by atoms with Crippen molar-refractivity contribution in [2.45, 2.75) is 43.4 Å². The average molecular weight is 289 g/mol. The van der Waals surface area contributed by atoms with Gasteiger partial charge >= 0.3 is 0 Å². The highest BCUT2D eigenvalue weighted by Crippen LogP contribution is 2.33. The quantitative estimate of drug-likeness (QED) is 0.281. The third kappa shape index (κ3) is 3.17. The first-order chi connectivity index (χ1) is 8.95. The van der Waals surface area contributed by atoms with Crippen LogP contribution in [0, 0.1) is 5.92 Å². The summed E-state index contributed by atoms with van der Waals surface area (Å²) in [6.07, 6.45) is 3.46. The lowest BCUT2D eigenvalue weighted by Gasteiger charge is -2.24. The summed E-state index contributed by atoms with van der Waals surface area (Å²) >= 11 is 0. The smallest absolute Gasteiger partial charge is 0.238 e. The van der Waals surface area contributed by atoms with Crippen molar-refractivity contribution in [1.29, 1.82) is 0 Å². The number of amidine groups is 1. The maximum Gasteiger partial charge on any atom is 0.238 e. The molecule has 8 heteroatoms. The zero-order chi connectivity index (χ0) is 14.0. The van der Waals surface area contributed by atoms with E-state index in [2.05, 4.69) is 10.5 Å². The summed E-state index contributed by atoms with van der Waals surface area (Å²) in [5.74, 6) is -0.388. The van der Waals surface area contributed by atoms with Crippen LogP contribution in [0.5, 0.6) is 0 Å². The van der Waals surface area contributed by atoms with Crippen molar-refractivity contribution in [2.24, 2.45) is 16.8 Å². The Kier molecular flexibility index (Phi) is 3.98. The Bertz CT molecular complexity index is 484.